The van der Waals surface area contributed by atoms with Crippen LogP contribution in [0.15, 0.2) is 27.2 Å². The van der Waals surface area contributed by atoms with Crippen LogP contribution in [0.3, 0.4) is 0 Å². The maximum absolute atomic E-state index is 6.20. The fourth-order valence-electron chi connectivity index (χ4n) is 1.60. The third-order valence-electron chi connectivity index (χ3n) is 4.00. The Labute approximate surface area is 127 Å². The molecule has 0 fully saturated rings. The SMILES string of the molecule is Cc1ccc(-c2noc(C(C)(C)C(C)(C)N)n2)cc1Br. The third kappa shape index (κ3) is 2.65. The molecule has 1 aromatic heterocycles. The van der Waals surface area contributed by atoms with E-state index in [0.29, 0.717) is 11.7 Å². The molecule has 0 saturated carbocycles. The van der Waals surface area contributed by atoms with Crippen LogP contribution in [0.25, 0.3) is 11.4 Å². The first-order valence-electron chi connectivity index (χ1n) is 6.52. The molecule has 2 N–H and O–H groups in total. The third-order valence-corrected chi connectivity index (χ3v) is 4.86. The van der Waals surface area contributed by atoms with E-state index < -0.39 is 11.0 Å². The molecule has 2 rings (SSSR count). The van der Waals surface area contributed by atoms with Gasteiger partial charge in [-0.15, -0.1) is 0 Å². The van der Waals surface area contributed by atoms with Crippen molar-refractivity contribution < 1.29 is 4.52 Å². The molecular weight excluding hydrogens is 318 g/mol. The van der Waals surface area contributed by atoms with Crippen molar-refractivity contribution in [1.29, 1.82) is 0 Å². The number of aryl methyl sites for hydroxylation is 1. The van der Waals surface area contributed by atoms with Crippen molar-refractivity contribution >= 4 is 15.9 Å². The summed E-state index contributed by atoms with van der Waals surface area (Å²) in [5.41, 5.74) is 7.43. The van der Waals surface area contributed by atoms with Gasteiger partial charge in [0.1, 0.15) is 0 Å². The molecule has 4 nitrogen and oxygen atoms in total. The van der Waals surface area contributed by atoms with Gasteiger partial charge in [0.2, 0.25) is 11.7 Å². The van der Waals surface area contributed by atoms with Crippen molar-refractivity contribution in [3.63, 3.8) is 0 Å². The zero-order valence-electron chi connectivity index (χ0n) is 12.5. The minimum Gasteiger partial charge on any atom is -0.338 e. The highest BCUT2D eigenvalue weighted by Crippen LogP contribution is 2.33. The molecule has 0 aliphatic carbocycles. The number of hydrogen-bond donors (Lipinski definition) is 1. The largest absolute Gasteiger partial charge is 0.338 e. The van der Waals surface area contributed by atoms with Gasteiger partial charge in [0.25, 0.3) is 0 Å². The standard InChI is InChI=1S/C15H20BrN3O/c1-9-6-7-10(8-11(9)16)12-18-13(20-19-12)14(2,3)15(4,5)17/h6-8H,17H2,1-5H3. The number of aromatic nitrogens is 2. The predicted octanol–water partition coefficient (Wildman–Crippen LogP) is 3.82. The molecule has 108 valence electrons. The van der Waals surface area contributed by atoms with Gasteiger partial charge in [-0.05, 0) is 46.2 Å². The molecule has 0 aliphatic rings. The van der Waals surface area contributed by atoms with E-state index in [1.807, 2.05) is 52.8 Å². The Hall–Kier alpha value is -1.20. The fourth-order valence-corrected chi connectivity index (χ4v) is 1.98. The van der Waals surface area contributed by atoms with Gasteiger partial charge in [0.15, 0.2) is 0 Å². The minimum atomic E-state index is -0.454. The average Bonchev–Trinajstić information content (AvgIpc) is 2.81. The van der Waals surface area contributed by atoms with Crippen LogP contribution in [0.1, 0.15) is 39.1 Å². The first-order chi connectivity index (χ1) is 9.13. The Kier molecular flexibility index (Phi) is 3.77. The second kappa shape index (κ2) is 4.97. The minimum absolute atomic E-state index is 0.403. The zero-order chi connectivity index (χ0) is 15.1. The zero-order valence-corrected chi connectivity index (χ0v) is 14.1. The van der Waals surface area contributed by atoms with E-state index in [4.69, 9.17) is 10.3 Å². The molecule has 0 bridgehead atoms. The lowest BCUT2D eigenvalue weighted by Gasteiger charge is -2.34. The molecule has 1 aromatic carbocycles. The summed E-state index contributed by atoms with van der Waals surface area (Å²) >= 11 is 3.52. The van der Waals surface area contributed by atoms with Crippen LogP contribution < -0.4 is 5.73 Å². The van der Waals surface area contributed by atoms with E-state index in [1.165, 1.54) is 5.56 Å². The lowest BCUT2D eigenvalue weighted by molar-refractivity contribution is 0.223. The molecule has 0 radical (unpaired) electrons. The molecule has 1 heterocycles. The highest BCUT2D eigenvalue weighted by atomic mass is 79.9. The van der Waals surface area contributed by atoms with Crippen LogP contribution in [0.5, 0.6) is 0 Å². The summed E-state index contributed by atoms with van der Waals surface area (Å²) in [6.45, 7) is 9.97. The van der Waals surface area contributed by atoms with E-state index in [1.54, 1.807) is 0 Å². The topological polar surface area (TPSA) is 64.9 Å². The summed E-state index contributed by atoms with van der Waals surface area (Å²) in [5.74, 6) is 1.13. The molecule has 0 spiro atoms. The van der Waals surface area contributed by atoms with Gasteiger partial charge >= 0.3 is 0 Å². The molecule has 20 heavy (non-hydrogen) atoms. The van der Waals surface area contributed by atoms with E-state index in [-0.39, 0.29) is 0 Å². The lowest BCUT2D eigenvalue weighted by Crippen LogP contribution is -2.50. The molecule has 0 amide bonds. The van der Waals surface area contributed by atoms with Crippen molar-refractivity contribution in [2.45, 2.75) is 45.6 Å². The van der Waals surface area contributed by atoms with Gasteiger partial charge in [-0.1, -0.05) is 33.2 Å². The predicted molar refractivity (Wildman–Crippen MR) is 83.5 cm³/mol. The summed E-state index contributed by atoms with van der Waals surface area (Å²) in [4.78, 5) is 4.51. The molecule has 0 unspecified atom stereocenters. The molecule has 0 saturated heterocycles. The molecular formula is C15H20BrN3O. The van der Waals surface area contributed by atoms with Crippen molar-refractivity contribution in [2.24, 2.45) is 5.73 Å². The maximum Gasteiger partial charge on any atom is 0.234 e. The Balaban J connectivity index is 2.41. The van der Waals surface area contributed by atoms with Gasteiger partial charge < -0.3 is 10.3 Å². The highest BCUT2D eigenvalue weighted by Gasteiger charge is 2.40. The highest BCUT2D eigenvalue weighted by molar-refractivity contribution is 9.10. The van der Waals surface area contributed by atoms with Gasteiger partial charge in [-0.2, -0.15) is 4.98 Å². The lowest BCUT2D eigenvalue weighted by atomic mass is 9.75. The maximum atomic E-state index is 6.20. The quantitative estimate of drug-likeness (QED) is 0.924. The van der Waals surface area contributed by atoms with Crippen LogP contribution in [0.4, 0.5) is 0 Å². The van der Waals surface area contributed by atoms with Crippen molar-refractivity contribution in [3.05, 3.63) is 34.1 Å². The first-order valence-corrected chi connectivity index (χ1v) is 7.32. The van der Waals surface area contributed by atoms with Crippen molar-refractivity contribution in [2.75, 3.05) is 0 Å². The van der Waals surface area contributed by atoms with E-state index in [9.17, 15) is 0 Å². The Morgan fingerprint density at radius 2 is 1.85 bits per heavy atom. The van der Waals surface area contributed by atoms with Crippen LogP contribution in [0.2, 0.25) is 0 Å². The summed E-state index contributed by atoms with van der Waals surface area (Å²) < 4.78 is 6.45. The van der Waals surface area contributed by atoms with Crippen LogP contribution in [-0.4, -0.2) is 15.7 Å². The Bertz CT molecular complexity index is 626. The molecule has 0 aliphatic heterocycles. The number of rotatable bonds is 3. The normalized spacial score (nSPS) is 12.8. The summed E-state index contributed by atoms with van der Waals surface area (Å²) in [5, 5.41) is 4.07. The summed E-state index contributed by atoms with van der Waals surface area (Å²) in [6, 6.07) is 5.99. The average molecular weight is 338 g/mol. The summed E-state index contributed by atoms with van der Waals surface area (Å²) in [7, 11) is 0. The van der Waals surface area contributed by atoms with Gasteiger partial charge in [-0.25, -0.2) is 0 Å². The van der Waals surface area contributed by atoms with Gasteiger partial charge in [0.05, 0.1) is 5.41 Å². The number of nitrogens with zero attached hydrogens (tertiary/aromatic N) is 2. The second-order valence-electron chi connectivity index (χ2n) is 6.23. The first kappa shape index (κ1) is 15.2. The van der Waals surface area contributed by atoms with Crippen molar-refractivity contribution in [3.8, 4) is 11.4 Å². The Morgan fingerprint density at radius 3 is 2.40 bits per heavy atom. The number of halogens is 1. The molecule has 2 aromatic rings. The monoisotopic (exact) mass is 337 g/mol. The van der Waals surface area contributed by atoms with Gasteiger partial charge in [0, 0.05) is 15.6 Å². The number of hydrogen-bond acceptors (Lipinski definition) is 4. The summed E-state index contributed by atoms with van der Waals surface area (Å²) in [6.07, 6.45) is 0. The van der Waals surface area contributed by atoms with Crippen molar-refractivity contribution in [1.82, 2.24) is 10.1 Å². The smallest absolute Gasteiger partial charge is 0.234 e. The van der Waals surface area contributed by atoms with Crippen LogP contribution >= 0.6 is 15.9 Å². The van der Waals surface area contributed by atoms with Gasteiger partial charge in [-0.3, -0.25) is 0 Å². The fraction of sp³-hybridized carbons (Fsp3) is 0.467. The number of benzene rings is 1. The second-order valence-corrected chi connectivity index (χ2v) is 7.09. The van der Waals surface area contributed by atoms with E-state index >= 15 is 0 Å². The van der Waals surface area contributed by atoms with E-state index in [2.05, 4.69) is 26.1 Å². The van der Waals surface area contributed by atoms with Crippen LogP contribution in [0, 0.1) is 6.92 Å². The van der Waals surface area contributed by atoms with Crippen LogP contribution in [-0.2, 0) is 5.41 Å². The molecule has 0 atom stereocenters. The Morgan fingerprint density at radius 1 is 1.20 bits per heavy atom. The number of nitrogens with two attached hydrogens (primary N) is 1. The molecule has 5 heteroatoms. The van der Waals surface area contributed by atoms with E-state index in [0.717, 1.165) is 10.0 Å².